The average Bonchev–Trinajstić information content (AvgIpc) is 3.15. The molecule has 6 heteroatoms. The Morgan fingerprint density at radius 3 is 2.56 bits per heavy atom. The fourth-order valence-electron chi connectivity index (χ4n) is 1.82. The predicted octanol–water partition coefficient (Wildman–Crippen LogP) is 1.63. The largest absolute Gasteiger partial charge is 0.480 e. The molecule has 2 unspecified atom stereocenters. The molecule has 0 radical (unpaired) electrons. The van der Waals surface area contributed by atoms with Crippen LogP contribution in [-0.4, -0.2) is 53.1 Å². The van der Waals surface area contributed by atoms with Crippen molar-refractivity contribution in [1.82, 2.24) is 10.2 Å². The molecular formula is C12H22N2O3S. The number of carboxylic acid groups (broad SMARTS) is 1. The van der Waals surface area contributed by atoms with Crippen LogP contribution in [0.25, 0.3) is 0 Å². The Bertz CT molecular complexity index is 308. The van der Waals surface area contributed by atoms with Gasteiger partial charge in [0.15, 0.2) is 0 Å². The maximum absolute atomic E-state index is 11.9. The van der Waals surface area contributed by atoms with Crippen molar-refractivity contribution in [2.75, 3.05) is 19.1 Å². The molecule has 5 nitrogen and oxygen atoms in total. The van der Waals surface area contributed by atoms with Crippen molar-refractivity contribution in [3.63, 3.8) is 0 Å². The van der Waals surface area contributed by atoms with Gasteiger partial charge in [-0.25, -0.2) is 9.59 Å². The van der Waals surface area contributed by atoms with Gasteiger partial charge >= 0.3 is 12.0 Å². The first-order chi connectivity index (χ1) is 8.47. The SMILES string of the molecule is CSCCC(NC(=O)N(C)C(C)C1CC1)C(=O)O. The number of thioether (sulfide) groups is 1. The summed E-state index contributed by atoms with van der Waals surface area (Å²) >= 11 is 1.58. The van der Waals surface area contributed by atoms with E-state index in [2.05, 4.69) is 5.32 Å². The smallest absolute Gasteiger partial charge is 0.326 e. The topological polar surface area (TPSA) is 69.6 Å². The van der Waals surface area contributed by atoms with E-state index in [1.54, 1.807) is 23.7 Å². The molecular weight excluding hydrogens is 252 g/mol. The molecule has 1 saturated carbocycles. The summed E-state index contributed by atoms with van der Waals surface area (Å²) in [5.41, 5.74) is 0. The highest BCUT2D eigenvalue weighted by Crippen LogP contribution is 2.34. The second-order valence-corrected chi connectivity index (χ2v) is 5.80. The highest BCUT2D eigenvalue weighted by molar-refractivity contribution is 7.98. The summed E-state index contributed by atoms with van der Waals surface area (Å²) < 4.78 is 0. The highest BCUT2D eigenvalue weighted by atomic mass is 32.2. The highest BCUT2D eigenvalue weighted by Gasteiger charge is 2.33. The second kappa shape index (κ2) is 6.87. The van der Waals surface area contributed by atoms with Crippen LogP contribution in [0.2, 0.25) is 0 Å². The number of hydrogen-bond donors (Lipinski definition) is 2. The van der Waals surface area contributed by atoms with Gasteiger partial charge in [0.2, 0.25) is 0 Å². The van der Waals surface area contributed by atoms with Gasteiger partial charge in [-0.3, -0.25) is 0 Å². The third kappa shape index (κ3) is 4.40. The Balaban J connectivity index is 2.46. The molecule has 0 spiro atoms. The van der Waals surface area contributed by atoms with Crippen LogP contribution >= 0.6 is 11.8 Å². The molecule has 0 heterocycles. The summed E-state index contributed by atoms with van der Waals surface area (Å²) in [5.74, 6) is 0.333. The molecule has 0 aliphatic heterocycles. The molecule has 1 rings (SSSR count). The summed E-state index contributed by atoms with van der Waals surface area (Å²) in [7, 11) is 1.73. The molecule has 1 aliphatic rings. The van der Waals surface area contributed by atoms with E-state index in [0.717, 1.165) is 18.6 Å². The number of urea groups is 1. The zero-order valence-electron chi connectivity index (χ0n) is 11.2. The molecule has 0 bridgehead atoms. The Hall–Kier alpha value is -0.910. The third-order valence-corrected chi connectivity index (χ3v) is 4.09. The number of rotatable bonds is 7. The van der Waals surface area contributed by atoms with Crippen LogP contribution < -0.4 is 5.32 Å². The molecule has 2 N–H and O–H groups in total. The Morgan fingerprint density at radius 2 is 2.11 bits per heavy atom. The average molecular weight is 274 g/mol. The van der Waals surface area contributed by atoms with Crippen molar-refractivity contribution in [2.24, 2.45) is 5.92 Å². The fraction of sp³-hybridized carbons (Fsp3) is 0.833. The van der Waals surface area contributed by atoms with E-state index in [9.17, 15) is 9.59 Å². The van der Waals surface area contributed by atoms with Gasteiger partial charge in [-0.15, -0.1) is 0 Å². The van der Waals surface area contributed by atoms with Gasteiger partial charge in [0.25, 0.3) is 0 Å². The zero-order chi connectivity index (χ0) is 13.7. The molecule has 0 aromatic carbocycles. The Morgan fingerprint density at radius 1 is 1.50 bits per heavy atom. The standard InChI is InChI=1S/C12H22N2O3S/c1-8(9-4-5-9)14(2)12(17)13-10(11(15)16)6-7-18-3/h8-10H,4-7H2,1-3H3,(H,13,17)(H,15,16). The Labute approximate surface area is 112 Å². The van der Waals surface area contributed by atoms with Crippen molar-refractivity contribution in [3.8, 4) is 0 Å². The summed E-state index contributed by atoms with van der Waals surface area (Å²) in [6.45, 7) is 2.01. The van der Waals surface area contributed by atoms with Gasteiger partial charge in [0.1, 0.15) is 6.04 Å². The van der Waals surface area contributed by atoms with E-state index in [0.29, 0.717) is 12.3 Å². The first kappa shape index (κ1) is 15.1. The van der Waals surface area contributed by atoms with Crippen LogP contribution in [0.1, 0.15) is 26.2 Å². The monoisotopic (exact) mass is 274 g/mol. The van der Waals surface area contributed by atoms with Gasteiger partial charge in [-0.1, -0.05) is 0 Å². The second-order valence-electron chi connectivity index (χ2n) is 4.81. The van der Waals surface area contributed by atoms with Crippen molar-refractivity contribution in [1.29, 1.82) is 0 Å². The van der Waals surface area contributed by atoms with Crippen molar-refractivity contribution >= 4 is 23.8 Å². The molecule has 0 aromatic rings. The van der Waals surface area contributed by atoms with E-state index in [1.165, 1.54) is 0 Å². The number of nitrogens with zero attached hydrogens (tertiary/aromatic N) is 1. The van der Waals surface area contributed by atoms with E-state index < -0.39 is 12.0 Å². The van der Waals surface area contributed by atoms with Gasteiger partial charge in [0.05, 0.1) is 0 Å². The number of hydrogen-bond acceptors (Lipinski definition) is 3. The van der Waals surface area contributed by atoms with Crippen LogP contribution in [0.15, 0.2) is 0 Å². The summed E-state index contributed by atoms with van der Waals surface area (Å²) in [4.78, 5) is 24.6. The van der Waals surface area contributed by atoms with Crippen LogP contribution in [-0.2, 0) is 4.79 Å². The molecule has 0 saturated heterocycles. The molecule has 2 atom stereocenters. The molecule has 0 aromatic heterocycles. The number of amides is 2. The van der Waals surface area contributed by atoms with Gasteiger partial charge in [0, 0.05) is 13.1 Å². The molecule has 104 valence electrons. The number of carboxylic acids is 1. The first-order valence-electron chi connectivity index (χ1n) is 6.22. The van der Waals surface area contributed by atoms with E-state index in [1.807, 2.05) is 13.2 Å². The summed E-state index contributed by atoms with van der Waals surface area (Å²) in [5, 5.41) is 11.6. The molecule has 2 amide bonds. The number of carbonyl (C=O) groups excluding carboxylic acids is 1. The quantitative estimate of drug-likeness (QED) is 0.740. The molecule has 18 heavy (non-hydrogen) atoms. The lowest BCUT2D eigenvalue weighted by Crippen LogP contribution is -2.49. The molecule has 1 aliphatic carbocycles. The van der Waals surface area contributed by atoms with Crippen LogP contribution in [0.3, 0.4) is 0 Å². The minimum Gasteiger partial charge on any atom is -0.480 e. The summed E-state index contributed by atoms with van der Waals surface area (Å²) in [6, 6.07) is -0.901. The normalized spacial score (nSPS) is 17.9. The van der Waals surface area contributed by atoms with E-state index in [-0.39, 0.29) is 12.1 Å². The minimum atomic E-state index is -0.968. The van der Waals surface area contributed by atoms with E-state index >= 15 is 0 Å². The van der Waals surface area contributed by atoms with Crippen LogP contribution in [0.5, 0.6) is 0 Å². The van der Waals surface area contributed by atoms with Gasteiger partial charge in [-0.2, -0.15) is 11.8 Å². The first-order valence-corrected chi connectivity index (χ1v) is 7.61. The lowest BCUT2D eigenvalue weighted by atomic mass is 10.2. The maximum Gasteiger partial charge on any atom is 0.326 e. The minimum absolute atomic E-state index is 0.181. The van der Waals surface area contributed by atoms with Crippen molar-refractivity contribution < 1.29 is 14.7 Å². The van der Waals surface area contributed by atoms with Crippen LogP contribution in [0, 0.1) is 5.92 Å². The van der Waals surface area contributed by atoms with E-state index in [4.69, 9.17) is 5.11 Å². The summed E-state index contributed by atoms with van der Waals surface area (Å²) in [6.07, 6.45) is 4.69. The fourth-order valence-corrected chi connectivity index (χ4v) is 2.30. The zero-order valence-corrected chi connectivity index (χ0v) is 12.0. The lowest BCUT2D eigenvalue weighted by Gasteiger charge is -2.26. The van der Waals surface area contributed by atoms with Crippen LogP contribution in [0.4, 0.5) is 4.79 Å². The number of carbonyl (C=O) groups is 2. The molecule has 1 fully saturated rings. The van der Waals surface area contributed by atoms with Crippen molar-refractivity contribution in [2.45, 2.75) is 38.3 Å². The maximum atomic E-state index is 11.9. The third-order valence-electron chi connectivity index (χ3n) is 3.44. The predicted molar refractivity (Wildman–Crippen MR) is 72.9 cm³/mol. The number of nitrogens with one attached hydrogen (secondary N) is 1. The number of aliphatic carboxylic acids is 1. The van der Waals surface area contributed by atoms with Gasteiger partial charge in [-0.05, 0) is 44.1 Å². The van der Waals surface area contributed by atoms with Gasteiger partial charge < -0.3 is 15.3 Å². The lowest BCUT2D eigenvalue weighted by molar-refractivity contribution is -0.139. The van der Waals surface area contributed by atoms with Crippen molar-refractivity contribution in [3.05, 3.63) is 0 Å². The Kier molecular flexibility index (Phi) is 5.78.